The number of para-hydroxylation sites is 1. The Morgan fingerprint density at radius 1 is 1.48 bits per heavy atom. The van der Waals surface area contributed by atoms with Crippen LogP contribution in [0.4, 0.5) is 10.5 Å². The fraction of sp³-hybridized carbons (Fsp3) is 0.357. The first-order valence-electron chi connectivity index (χ1n) is 6.34. The molecule has 0 unspecified atom stereocenters. The second-order valence-electron chi connectivity index (χ2n) is 4.59. The fourth-order valence-electron chi connectivity index (χ4n) is 1.77. The summed E-state index contributed by atoms with van der Waals surface area (Å²) in [6, 6.07) is 6.10. The second kappa shape index (κ2) is 7.64. The van der Waals surface area contributed by atoms with E-state index in [0.717, 1.165) is 0 Å². The van der Waals surface area contributed by atoms with Crippen molar-refractivity contribution < 1.29 is 14.7 Å². The Morgan fingerprint density at radius 2 is 2.14 bits per heavy atom. The molecular formula is C14H16BrN3O3. The highest BCUT2D eigenvalue weighted by Crippen LogP contribution is 2.27. The van der Waals surface area contributed by atoms with Gasteiger partial charge in [0.05, 0.1) is 23.7 Å². The molecule has 0 aliphatic rings. The van der Waals surface area contributed by atoms with Gasteiger partial charge in [0, 0.05) is 17.1 Å². The number of carboxylic acids is 1. The molecule has 21 heavy (non-hydrogen) atoms. The minimum atomic E-state index is -1.13. The molecule has 0 radical (unpaired) electrons. The third-order valence-corrected chi connectivity index (χ3v) is 3.49. The molecule has 1 aromatic carbocycles. The van der Waals surface area contributed by atoms with E-state index in [0.29, 0.717) is 4.47 Å². The monoisotopic (exact) mass is 353 g/mol. The SMILES string of the molecule is CC(C)N(CCC#N)C(=O)Nc1c(Br)cccc1C(=O)O. The van der Waals surface area contributed by atoms with Gasteiger partial charge in [-0.2, -0.15) is 5.26 Å². The molecule has 2 N–H and O–H groups in total. The van der Waals surface area contributed by atoms with Gasteiger partial charge in [-0.15, -0.1) is 0 Å². The third kappa shape index (κ3) is 4.46. The number of carboxylic acid groups (broad SMARTS) is 1. The van der Waals surface area contributed by atoms with Crippen LogP contribution in [0, 0.1) is 11.3 Å². The van der Waals surface area contributed by atoms with Gasteiger partial charge >= 0.3 is 12.0 Å². The van der Waals surface area contributed by atoms with Gasteiger partial charge < -0.3 is 15.3 Å². The number of carbonyl (C=O) groups excluding carboxylic acids is 1. The van der Waals surface area contributed by atoms with Crippen LogP contribution >= 0.6 is 15.9 Å². The predicted molar refractivity (Wildman–Crippen MR) is 82.2 cm³/mol. The van der Waals surface area contributed by atoms with E-state index in [1.165, 1.54) is 11.0 Å². The van der Waals surface area contributed by atoms with Gasteiger partial charge in [-0.05, 0) is 41.9 Å². The van der Waals surface area contributed by atoms with E-state index in [-0.39, 0.29) is 30.3 Å². The van der Waals surface area contributed by atoms with E-state index in [1.54, 1.807) is 12.1 Å². The van der Waals surface area contributed by atoms with Gasteiger partial charge in [0.2, 0.25) is 0 Å². The van der Waals surface area contributed by atoms with Gasteiger partial charge in [0.1, 0.15) is 0 Å². The van der Waals surface area contributed by atoms with E-state index >= 15 is 0 Å². The van der Waals surface area contributed by atoms with Crippen LogP contribution in [0.25, 0.3) is 0 Å². The van der Waals surface area contributed by atoms with E-state index < -0.39 is 12.0 Å². The van der Waals surface area contributed by atoms with E-state index in [9.17, 15) is 9.59 Å². The van der Waals surface area contributed by atoms with Crippen molar-refractivity contribution >= 4 is 33.6 Å². The normalized spacial score (nSPS) is 10.0. The van der Waals surface area contributed by atoms with Crippen LogP contribution in [0.1, 0.15) is 30.6 Å². The minimum absolute atomic E-state index is 0.00159. The molecular weight excluding hydrogens is 338 g/mol. The second-order valence-corrected chi connectivity index (χ2v) is 5.45. The first-order chi connectivity index (χ1) is 9.88. The van der Waals surface area contributed by atoms with Crippen molar-refractivity contribution in [2.75, 3.05) is 11.9 Å². The molecule has 2 amide bonds. The summed E-state index contributed by atoms with van der Waals surface area (Å²) in [5.41, 5.74) is 0.208. The summed E-state index contributed by atoms with van der Waals surface area (Å²) in [5, 5.41) is 20.4. The zero-order valence-corrected chi connectivity index (χ0v) is 13.3. The van der Waals surface area contributed by atoms with Crippen molar-refractivity contribution in [1.82, 2.24) is 4.90 Å². The zero-order valence-electron chi connectivity index (χ0n) is 11.8. The van der Waals surface area contributed by atoms with Gasteiger partial charge in [0.15, 0.2) is 0 Å². The molecule has 0 aromatic heterocycles. The van der Waals surface area contributed by atoms with Crippen molar-refractivity contribution in [2.45, 2.75) is 26.3 Å². The van der Waals surface area contributed by atoms with Gasteiger partial charge in [0.25, 0.3) is 0 Å². The van der Waals surface area contributed by atoms with E-state index in [4.69, 9.17) is 10.4 Å². The Balaban J connectivity index is 3.01. The predicted octanol–water partition coefficient (Wildman–Crippen LogP) is 3.30. The minimum Gasteiger partial charge on any atom is -0.478 e. The molecule has 112 valence electrons. The number of hydrogen-bond donors (Lipinski definition) is 2. The van der Waals surface area contributed by atoms with Gasteiger partial charge in [-0.25, -0.2) is 9.59 Å². The number of nitriles is 1. The molecule has 6 nitrogen and oxygen atoms in total. The Labute approximate surface area is 131 Å². The van der Waals surface area contributed by atoms with Crippen molar-refractivity contribution in [1.29, 1.82) is 5.26 Å². The van der Waals surface area contributed by atoms with Crippen LogP contribution in [0.15, 0.2) is 22.7 Å². The summed E-state index contributed by atoms with van der Waals surface area (Å²) in [7, 11) is 0. The fourth-order valence-corrected chi connectivity index (χ4v) is 2.24. The lowest BCUT2D eigenvalue weighted by atomic mass is 10.2. The Bertz CT molecular complexity index is 581. The van der Waals surface area contributed by atoms with Crippen LogP contribution < -0.4 is 5.32 Å². The first-order valence-corrected chi connectivity index (χ1v) is 7.14. The molecule has 0 fully saturated rings. The highest BCUT2D eigenvalue weighted by atomic mass is 79.9. The van der Waals surface area contributed by atoms with Crippen LogP contribution in [0.5, 0.6) is 0 Å². The summed E-state index contributed by atoms with van der Waals surface area (Å²) < 4.78 is 0.486. The number of carbonyl (C=O) groups is 2. The molecule has 0 saturated heterocycles. The molecule has 0 aliphatic carbocycles. The van der Waals surface area contributed by atoms with Crippen LogP contribution in [0.3, 0.4) is 0 Å². The molecule has 1 aromatic rings. The topological polar surface area (TPSA) is 93.4 Å². The maximum absolute atomic E-state index is 12.3. The first kappa shape index (κ1) is 17.0. The molecule has 0 aliphatic heterocycles. The number of aromatic carboxylic acids is 1. The molecule has 0 saturated carbocycles. The molecule has 0 atom stereocenters. The molecule has 0 heterocycles. The Hall–Kier alpha value is -2.07. The van der Waals surface area contributed by atoms with E-state index in [1.807, 2.05) is 19.9 Å². The molecule has 0 spiro atoms. The van der Waals surface area contributed by atoms with Crippen molar-refractivity contribution in [3.05, 3.63) is 28.2 Å². The summed E-state index contributed by atoms with van der Waals surface area (Å²) in [4.78, 5) is 25.0. The summed E-state index contributed by atoms with van der Waals surface area (Å²) >= 11 is 3.23. The van der Waals surface area contributed by atoms with Crippen molar-refractivity contribution in [3.63, 3.8) is 0 Å². The van der Waals surface area contributed by atoms with E-state index in [2.05, 4.69) is 21.2 Å². The molecule has 7 heteroatoms. The summed E-state index contributed by atoms with van der Waals surface area (Å²) in [5.74, 6) is -1.13. The van der Waals surface area contributed by atoms with Crippen LogP contribution in [-0.2, 0) is 0 Å². The summed E-state index contributed by atoms with van der Waals surface area (Å²) in [6.07, 6.45) is 0.216. The average molecular weight is 354 g/mol. The highest BCUT2D eigenvalue weighted by molar-refractivity contribution is 9.10. The number of benzene rings is 1. The largest absolute Gasteiger partial charge is 0.478 e. The number of urea groups is 1. The van der Waals surface area contributed by atoms with Crippen molar-refractivity contribution in [2.24, 2.45) is 0 Å². The van der Waals surface area contributed by atoms with Gasteiger partial charge in [-0.3, -0.25) is 0 Å². The Kier molecular flexibility index (Phi) is 6.18. The molecule has 1 rings (SSSR count). The standard InChI is InChI=1S/C14H16BrN3O3/c1-9(2)18(8-4-7-16)14(21)17-12-10(13(19)20)5-3-6-11(12)15/h3,5-6,9H,4,8H2,1-2H3,(H,17,21)(H,19,20). The summed E-state index contributed by atoms with van der Waals surface area (Å²) in [6.45, 7) is 3.94. The number of amides is 2. The van der Waals surface area contributed by atoms with Crippen LogP contribution in [-0.4, -0.2) is 34.6 Å². The smallest absolute Gasteiger partial charge is 0.337 e. The quantitative estimate of drug-likeness (QED) is 0.848. The highest BCUT2D eigenvalue weighted by Gasteiger charge is 2.20. The maximum Gasteiger partial charge on any atom is 0.337 e. The third-order valence-electron chi connectivity index (χ3n) is 2.82. The Morgan fingerprint density at radius 3 is 2.67 bits per heavy atom. The number of anilines is 1. The zero-order chi connectivity index (χ0) is 16.0. The number of nitrogens with zero attached hydrogens (tertiary/aromatic N) is 2. The maximum atomic E-state index is 12.3. The number of halogens is 1. The van der Waals surface area contributed by atoms with Crippen LogP contribution in [0.2, 0.25) is 0 Å². The molecule has 0 bridgehead atoms. The number of hydrogen-bond acceptors (Lipinski definition) is 3. The lowest BCUT2D eigenvalue weighted by Crippen LogP contribution is -2.40. The van der Waals surface area contributed by atoms with Gasteiger partial charge in [-0.1, -0.05) is 6.07 Å². The lowest BCUT2D eigenvalue weighted by Gasteiger charge is -2.26. The lowest BCUT2D eigenvalue weighted by molar-refractivity contribution is 0.0698. The average Bonchev–Trinajstić information content (AvgIpc) is 2.40. The van der Waals surface area contributed by atoms with Crippen molar-refractivity contribution in [3.8, 4) is 6.07 Å². The number of nitrogens with one attached hydrogen (secondary N) is 1. The number of rotatable bonds is 5.